The van der Waals surface area contributed by atoms with Gasteiger partial charge in [0.05, 0.1) is 11.8 Å². The van der Waals surface area contributed by atoms with Gasteiger partial charge in [-0.15, -0.1) is 11.4 Å². The zero-order valence-corrected chi connectivity index (χ0v) is 17.1. The molecule has 0 radical (unpaired) electrons. The zero-order valence-electron chi connectivity index (χ0n) is 15.6. The Morgan fingerprint density at radius 1 is 0.667 bits per heavy atom. The van der Waals surface area contributed by atoms with Gasteiger partial charge >= 0.3 is 21.7 Å². The molecular weight excluding hydrogens is 386 g/mol. The summed E-state index contributed by atoms with van der Waals surface area (Å²) in [6, 6.07) is 18.6. The Hall–Kier alpha value is -2.05. The summed E-state index contributed by atoms with van der Waals surface area (Å²) in [7, 11) is 0. The Labute approximate surface area is 174 Å². The van der Waals surface area contributed by atoms with Crippen LogP contribution >= 0.6 is 0 Å². The number of hydrogen-bond donors (Lipinski definition) is 0. The van der Waals surface area contributed by atoms with E-state index in [1.165, 1.54) is 0 Å². The van der Waals surface area contributed by atoms with Crippen molar-refractivity contribution in [2.24, 2.45) is 0 Å². The van der Waals surface area contributed by atoms with Crippen LogP contribution in [0.2, 0.25) is 0 Å². The molecule has 144 valence electrons. The van der Waals surface area contributed by atoms with Crippen molar-refractivity contribution in [2.45, 2.75) is 39.5 Å². The van der Waals surface area contributed by atoms with E-state index in [-0.39, 0.29) is 42.9 Å². The van der Waals surface area contributed by atoms with Gasteiger partial charge in [-0.3, -0.25) is 0 Å². The van der Waals surface area contributed by atoms with Crippen molar-refractivity contribution in [1.82, 2.24) is 0 Å². The average molecular weight is 410 g/mol. The van der Waals surface area contributed by atoms with Crippen LogP contribution in [0.4, 0.5) is 11.4 Å². The number of rotatable bonds is 6. The second-order valence-electron chi connectivity index (χ2n) is 5.18. The van der Waals surface area contributed by atoms with Gasteiger partial charge in [-0.05, 0) is 12.8 Å². The van der Waals surface area contributed by atoms with Crippen molar-refractivity contribution in [3.63, 3.8) is 0 Å². The van der Waals surface area contributed by atoms with Gasteiger partial charge in [0.15, 0.2) is 0 Å². The van der Waals surface area contributed by atoms with E-state index >= 15 is 0 Å². The van der Waals surface area contributed by atoms with Crippen LogP contribution < -0.4 is 9.41 Å². The number of benzene rings is 2. The smallest absolute Gasteiger partial charge is 1.00 e. The predicted octanol–water partition coefficient (Wildman–Crippen LogP) is 0.0425. The van der Waals surface area contributed by atoms with Crippen LogP contribution in [0.5, 0.6) is 0 Å². The maximum absolute atomic E-state index is 11.0. The molecule has 0 aliphatic rings. The van der Waals surface area contributed by atoms with Gasteiger partial charge < -0.3 is 29.6 Å². The monoisotopic (exact) mass is 410 g/mol. The molecule has 0 aliphatic carbocycles. The summed E-state index contributed by atoms with van der Waals surface area (Å²) in [5.41, 5.74) is 1.49. The second-order valence-corrected chi connectivity index (χ2v) is 5.18. The van der Waals surface area contributed by atoms with Gasteiger partial charge in [-0.25, -0.2) is 0 Å². The van der Waals surface area contributed by atoms with Gasteiger partial charge in [-0.2, -0.15) is 0 Å². The van der Waals surface area contributed by atoms with Crippen LogP contribution in [-0.2, 0) is 31.3 Å². The Balaban J connectivity index is -0.000000384. The number of halogens is 2. The van der Waals surface area contributed by atoms with E-state index in [0.717, 1.165) is 24.2 Å². The SMILES string of the molecule is CCCC(=O)[N-]c1ccccc1.CCCC(=O)[N-]c1ccccc1.[F-].[F-].[Ti+4]. The second kappa shape index (κ2) is 18.7. The van der Waals surface area contributed by atoms with Gasteiger partial charge in [0, 0.05) is 0 Å². The Morgan fingerprint density at radius 3 is 1.22 bits per heavy atom. The number of nitrogens with zero attached hydrogens (tertiary/aromatic N) is 2. The molecule has 0 saturated carbocycles. The summed E-state index contributed by atoms with van der Waals surface area (Å²) in [4.78, 5) is 22.1. The van der Waals surface area contributed by atoms with Crippen molar-refractivity contribution in [3.05, 3.63) is 71.3 Å². The minimum absolute atomic E-state index is 0. The molecule has 0 fully saturated rings. The third-order valence-corrected chi connectivity index (χ3v) is 2.95. The fourth-order valence-corrected chi connectivity index (χ4v) is 1.83. The van der Waals surface area contributed by atoms with E-state index < -0.39 is 0 Å². The number of carbonyl (C=O) groups is 2. The maximum atomic E-state index is 11.0. The van der Waals surface area contributed by atoms with E-state index in [1.54, 1.807) is 0 Å². The largest absolute Gasteiger partial charge is 4.00 e. The van der Waals surface area contributed by atoms with Crippen molar-refractivity contribution in [1.29, 1.82) is 0 Å². The Kier molecular flexibility index (Phi) is 20.6. The minimum atomic E-state index is -0.0382. The molecule has 0 N–H and O–H groups in total. The van der Waals surface area contributed by atoms with Gasteiger partial charge in [0.1, 0.15) is 0 Å². The number of para-hydroxylation sites is 2. The van der Waals surface area contributed by atoms with Crippen LogP contribution in [-0.4, -0.2) is 11.8 Å². The quantitative estimate of drug-likeness (QED) is 0.632. The number of hydrogen-bond acceptors (Lipinski definition) is 2. The number of carbonyl (C=O) groups excluding carboxylic acids is 2. The molecule has 0 saturated heterocycles. The van der Waals surface area contributed by atoms with Crippen LogP contribution in [0.15, 0.2) is 60.7 Å². The molecule has 2 amide bonds. The van der Waals surface area contributed by atoms with Crippen LogP contribution in [0, 0.1) is 0 Å². The molecule has 27 heavy (non-hydrogen) atoms. The molecular formula is C20H24F2N2O2Ti. The molecule has 0 aliphatic heterocycles. The third kappa shape index (κ3) is 14.8. The van der Waals surface area contributed by atoms with E-state index in [2.05, 4.69) is 10.6 Å². The fraction of sp³-hybridized carbons (Fsp3) is 0.300. The van der Waals surface area contributed by atoms with Crippen molar-refractivity contribution in [2.75, 3.05) is 0 Å². The van der Waals surface area contributed by atoms with Gasteiger partial charge in [0.25, 0.3) is 0 Å². The fourth-order valence-electron chi connectivity index (χ4n) is 1.83. The summed E-state index contributed by atoms with van der Waals surface area (Å²) in [5, 5.41) is 7.82. The summed E-state index contributed by atoms with van der Waals surface area (Å²) < 4.78 is 0. The van der Waals surface area contributed by atoms with Crippen molar-refractivity contribution < 1.29 is 40.7 Å². The molecule has 7 heteroatoms. The van der Waals surface area contributed by atoms with E-state index in [0.29, 0.717) is 12.8 Å². The van der Waals surface area contributed by atoms with E-state index in [9.17, 15) is 9.59 Å². The average Bonchev–Trinajstić information content (AvgIpc) is 2.58. The minimum Gasteiger partial charge on any atom is -1.00 e. The first-order chi connectivity index (χ1) is 11.7. The molecule has 4 nitrogen and oxygen atoms in total. The molecule has 2 aromatic carbocycles. The Bertz CT molecular complexity index is 558. The van der Waals surface area contributed by atoms with Gasteiger partial charge in [-0.1, -0.05) is 87.4 Å². The molecule has 0 spiro atoms. The summed E-state index contributed by atoms with van der Waals surface area (Å²) in [5.74, 6) is -0.0765. The van der Waals surface area contributed by atoms with Gasteiger partial charge in [0.2, 0.25) is 0 Å². The molecule has 0 bridgehead atoms. The summed E-state index contributed by atoms with van der Waals surface area (Å²) in [6.07, 6.45) is 2.79. The van der Waals surface area contributed by atoms with Crippen LogP contribution in [0.1, 0.15) is 39.5 Å². The number of amides is 2. The third-order valence-electron chi connectivity index (χ3n) is 2.95. The normalized spacial score (nSPS) is 8.37. The topological polar surface area (TPSA) is 62.3 Å². The summed E-state index contributed by atoms with van der Waals surface area (Å²) in [6.45, 7) is 3.94. The molecule has 0 heterocycles. The van der Waals surface area contributed by atoms with Crippen LogP contribution in [0.3, 0.4) is 0 Å². The maximum Gasteiger partial charge on any atom is 4.00 e. The first-order valence-corrected chi connectivity index (χ1v) is 8.25. The predicted molar refractivity (Wildman–Crippen MR) is 98.8 cm³/mol. The first-order valence-electron chi connectivity index (χ1n) is 8.25. The van der Waals surface area contributed by atoms with Crippen molar-refractivity contribution in [3.8, 4) is 0 Å². The van der Waals surface area contributed by atoms with E-state index in [4.69, 9.17) is 0 Å². The summed E-state index contributed by atoms with van der Waals surface area (Å²) >= 11 is 0. The molecule has 0 aromatic heterocycles. The van der Waals surface area contributed by atoms with Crippen molar-refractivity contribution >= 4 is 23.2 Å². The molecule has 2 rings (SSSR count). The van der Waals surface area contributed by atoms with E-state index in [1.807, 2.05) is 74.5 Å². The molecule has 2 aromatic rings. The van der Waals surface area contributed by atoms with Crippen LogP contribution in [0.25, 0.3) is 10.6 Å². The standard InChI is InChI=1S/2C10H13NO.2FH.Ti/c2*1-2-6-10(12)11-9-7-4-3-5-8-9;;;/h2*3-5,7-8H,2,6H2,1H3,(H,11,12);2*1H;/q;;;;+4/p-4. The molecule has 0 unspecified atom stereocenters. The Morgan fingerprint density at radius 2 is 0.963 bits per heavy atom. The molecule has 0 atom stereocenters. The zero-order chi connectivity index (χ0) is 17.6. The first kappa shape index (κ1) is 29.7.